The molecule has 0 spiro atoms. The summed E-state index contributed by atoms with van der Waals surface area (Å²) in [5, 5.41) is 15.3. The monoisotopic (exact) mass is 569 g/mol. The summed E-state index contributed by atoms with van der Waals surface area (Å²) in [5.74, 6) is 1.35. The van der Waals surface area contributed by atoms with Gasteiger partial charge < -0.3 is 24.1 Å². The molecule has 0 aliphatic heterocycles. The molecular formula is C31H28FN5O5. The van der Waals surface area contributed by atoms with Crippen LogP contribution in [-0.4, -0.2) is 29.1 Å². The SMILES string of the molecule is COc1ccc(CN(Cc2ccc(OC)cc2)c2nc(NCc3ccccc3F)c([N+](=O)[O-])c(-c3ccco3)n2)cc1. The third-order valence-corrected chi connectivity index (χ3v) is 6.56. The lowest BCUT2D eigenvalue weighted by Gasteiger charge is -2.24. The fourth-order valence-corrected chi connectivity index (χ4v) is 4.39. The first-order chi connectivity index (χ1) is 20.4. The van der Waals surface area contributed by atoms with Crippen LogP contribution in [0.5, 0.6) is 11.5 Å². The molecule has 0 aliphatic rings. The highest BCUT2D eigenvalue weighted by Crippen LogP contribution is 2.36. The average Bonchev–Trinajstić information content (AvgIpc) is 3.56. The summed E-state index contributed by atoms with van der Waals surface area (Å²) in [4.78, 5) is 22.9. The number of furan rings is 1. The molecule has 0 unspecified atom stereocenters. The van der Waals surface area contributed by atoms with Gasteiger partial charge in [-0.15, -0.1) is 0 Å². The van der Waals surface area contributed by atoms with Crippen LogP contribution in [0.15, 0.2) is 95.6 Å². The zero-order chi connectivity index (χ0) is 29.5. The van der Waals surface area contributed by atoms with Gasteiger partial charge in [0.1, 0.15) is 17.3 Å². The van der Waals surface area contributed by atoms with Gasteiger partial charge in [-0.25, -0.2) is 9.37 Å². The van der Waals surface area contributed by atoms with Gasteiger partial charge in [-0.2, -0.15) is 4.98 Å². The van der Waals surface area contributed by atoms with E-state index in [4.69, 9.17) is 13.9 Å². The number of benzene rings is 3. The summed E-state index contributed by atoms with van der Waals surface area (Å²) in [7, 11) is 3.20. The van der Waals surface area contributed by atoms with E-state index in [-0.39, 0.29) is 35.5 Å². The quantitative estimate of drug-likeness (QED) is 0.131. The Kier molecular flexibility index (Phi) is 8.57. The summed E-state index contributed by atoms with van der Waals surface area (Å²) in [6, 6.07) is 24.5. The zero-order valence-electron chi connectivity index (χ0n) is 23.0. The van der Waals surface area contributed by atoms with E-state index >= 15 is 0 Å². The lowest BCUT2D eigenvalue weighted by atomic mass is 10.1. The van der Waals surface area contributed by atoms with Crippen molar-refractivity contribution in [2.24, 2.45) is 0 Å². The van der Waals surface area contributed by atoms with Crippen molar-refractivity contribution in [3.05, 3.63) is 124 Å². The highest BCUT2D eigenvalue weighted by Gasteiger charge is 2.29. The normalized spacial score (nSPS) is 10.7. The minimum atomic E-state index is -0.567. The molecule has 3 aromatic carbocycles. The molecular weight excluding hydrogens is 541 g/mol. The van der Waals surface area contributed by atoms with Crippen molar-refractivity contribution < 1.29 is 23.2 Å². The second-order valence-corrected chi connectivity index (χ2v) is 9.30. The third kappa shape index (κ3) is 6.47. The molecule has 0 amide bonds. The summed E-state index contributed by atoms with van der Waals surface area (Å²) < 4.78 is 30.5. The molecule has 11 heteroatoms. The number of nitrogens with one attached hydrogen (secondary N) is 1. The number of ether oxygens (including phenoxy) is 2. The van der Waals surface area contributed by atoms with Crippen LogP contribution in [-0.2, 0) is 19.6 Å². The molecule has 214 valence electrons. The van der Waals surface area contributed by atoms with Gasteiger partial charge in [-0.3, -0.25) is 10.1 Å². The molecule has 0 aliphatic carbocycles. The summed E-state index contributed by atoms with van der Waals surface area (Å²) >= 11 is 0. The van der Waals surface area contributed by atoms with Crippen LogP contribution >= 0.6 is 0 Å². The van der Waals surface area contributed by atoms with Crippen molar-refractivity contribution in [2.45, 2.75) is 19.6 Å². The topological polar surface area (TPSA) is 116 Å². The first-order valence-corrected chi connectivity index (χ1v) is 13.0. The molecule has 2 aromatic heterocycles. The average molecular weight is 570 g/mol. The van der Waals surface area contributed by atoms with Crippen molar-refractivity contribution in [1.82, 2.24) is 9.97 Å². The van der Waals surface area contributed by atoms with Gasteiger partial charge in [0.2, 0.25) is 11.8 Å². The number of nitro groups is 1. The van der Waals surface area contributed by atoms with Crippen molar-refractivity contribution in [2.75, 3.05) is 24.4 Å². The van der Waals surface area contributed by atoms with E-state index in [2.05, 4.69) is 15.3 Å². The maximum Gasteiger partial charge on any atom is 0.340 e. The van der Waals surface area contributed by atoms with Crippen LogP contribution < -0.4 is 19.7 Å². The molecule has 0 bridgehead atoms. The molecule has 0 saturated carbocycles. The minimum Gasteiger partial charge on any atom is -0.497 e. The highest BCUT2D eigenvalue weighted by atomic mass is 19.1. The number of aromatic nitrogens is 2. The van der Waals surface area contributed by atoms with Gasteiger partial charge in [-0.1, -0.05) is 42.5 Å². The fraction of sp³-hybridized carbons (Fsp3) is 0.161. The summed E-state index contributed by atoms with van der Waals surface area (Å²) in [5.41, 5.74) is 1.83. The standard InChI is InChI=1S/C31H28FN5O5/c1-40-24-13-9-21(10-14-24)19-36(20-22-11-15-25(41-2)16-12-22)31-34-28(27-8-5-17-42-27)29(37(38)39)30(35-31)33-18-23-6-3-4-7-26(23)32/h3-17H,18-20H2,1-2H3,(H,33,34,35). The Bertz CT molecular complexity index is 1590. The molecule has 10 nitrogen and oxygen atoms in total. The maximum atomic E-state index is 14.4. The van der Waals surface area contributed by atoms with E-state index in [0.717, 1.165) is 11.1 Å². The molecule has 5 aromatic rings. The predicted octanol–water partition coefficient (Wildman–Crippen LogP) is 6.62. The van der Waals surface area contributed by atoms with Crippen molar-refractivity contribution in [3.63, 3.8) is 0 Å². The maximum absolute atomic E-state index is 14.4. The van der Waals surface area contributed by atoms with Crippen molar-refractivity contribution >= 4 is 17.5 Å². The Morgan fingerprint density at radius 1 is 0.881 bits per heavy atom. The molecule has 0 fully saturated rings. The number of hydrogen-bond donors (Lipinski definition) is 1. The summed E-state index contributed by atoms with van der Waals surface area (Å²) in [6.07, 6.45) is 1.42. The van der Waals surface area contributed by atoms with Gasteiger partial charge in [0, 0.05) is 25.2 Å². The van der Waals surface area contributed by atoms with E-state index in [1.165, 1.54) is 12.3 Å². The van der Waals surface area contributed by atoms with E-state index in [0.29, 0.717) is 30.2 Å². The van der Waals surface area contributed by atoms with E-state index in [1.807, 2.05) is 53.4 Å². The van der Waals surface area contributed by atoms with Gasteiger partial charge in [0.25, 0.3) is 0 Å². The first-order valence-electron chi connectivity index (χ1n) is 13.0. The van der Waals surface area contributed by atoms with Gasteiger partial charge in [-0.05, 0) is 53.6 Å². The molecule has 2 heterocycles. The largest absolute Gasteiger partial charge is 0.497 e. The van der Waals surface area contributed by atoms with E-state index in [9.17, 15) is 14.5 Å². The smallest absolute Gasteiger partial charge is 0.340 e. The van der Waals surface area contributed by atoms with Crippen molar-refractivity contribution in [3.8, 4) is 23.0 Å². The van der Waals surface area contributed by atoms with Crippen LogP contribution in [0, 0.1) is 15.9 Å². The van der Waals surface area contributed by atoms with Crippen LogP contribution in [0.4, 0.5) is 21.8 Å². The molecule has 0 saturated heterocycles. The second kappa shape index (κ2) is 12.8. The number of rotatable bonds is 12. The third-order valence-electron chi connectivity index (χ3n) is 6.56. The number of halogens is 1. The number of nitrogens with zero attached hydrogens (tertiary/aromatic N) is 4. The molecule has 42 heavy (non-hydrogen) atoms. The summed E-state index contributed by atoms with van der Waals surface area (Å²) in [6.45, 7) is 0.717. The molecule has 0 radical (unpaired) electrons. The Hall–Kier alpha value is -5.45. The van der Waals surface area contributed by atoms with Crippen LogP contribution in [0.1, 0.15) is 16.7 Å². The fourth-order valence-electron chi connectivity index (χ4n) is 4.39. The van der Waals surface area contributed by atoms with E-state index < -0.39 is 10.7 Å². The van der Waals surface area contributed by atoms with Gasteiger partial charge in [0.15, 0.2) is 11.5 Å². The minimum absolute atomic E-state index is 0.000459. The Morgan fingerprint density at radius 2 is 1.50 bits per heavy atom. The van der Waals surface area contributed by atoms with Gasteiger partial charge in [0.05, 0.1) is 25.4 Å². The Labute approximate surface area is 241 Å². The predicted molar refractivity (Wildman–Crippen MR) is 156 cm³/mol. The second-order valence-electron chi connectivity index (χ2n) is 9.30. The van der Waals surface area contributed by atoms with E-state index in [1.54, 1.807) is 44.6 Å². The molecule has 0 atom stereocenters. The lowest BCUT2D eigenvalue weighted by Crippen LogP contribution is -2.25. The number of hydrogen-bond acceptors (Lipinski definition) is 9. The zero-order valence-corrected chi connectivity index (χ0v) is 23.0. The lowest BCUT2D eigenvalue weighted by molar-refractivity contribution is -0.383. The van der Waals surface area contributed by atoms with Crippen LogP contribution in [0.2, 0.25) is 0 Å². The van der Waals surface area contributed by atoms with Crippen LogP contribution in [0.3, 0.4) is 0 Å². The molecule has 5 rings (SSSR count). The highest BCUT2D eigenvalue weighted by molar-refractivity contribution is 5.76. The number of methoxy groups -OCH3 is 2. The van der Waals surface area contributed by atoms with Crippen LogP contribution in [0.25, 0.3) is 11.5 Å². The Balaban J connectivity index is 1.60. The first kappa shape index (κ1) is 28.1. The van der Waals surface area contributed by atoms with Gasteiger partial charge >= 0.3 is 5.69 Å². The molecule has 1 N–H and O–H groups in total. The Morgan fingerprint density at radius 3 is 2.02 bits per heavy atom. The van der Waals surface area contributed by atoms with Crippen molar-refractivity contribution in [1.29, 1.82) is 0 Å². The number of anilines is 2.